The SMILES string of the molecule is O=C(CCc1cccs1)NN1C(=O)NC(c2ccccc2)(c2ccccc2)C1=O. The molecule has 1 aliphatic heterocycles. The lowest BCUT2D eigenvalue weighted by Gasteiger charge is -2.27. The van der Waals surface area contributed by atoms with Gasteiger partial charge in [0, 0.05) is 11.3 Å². The third-order valence-corrected chi connectivity index (χ3v) is 5.79. The average Bonchev–Trinajstić information content (AvgIpc) is 3.36. The van der Waals surface area contributed by atoms with E-state index < -0.39 is 17.5 Å². The fraction of sp³-hybridized carbons (Fsp3) is 0.136. The summed E-state index contributed by atoms with van der Waals surface area (Å²) in [5, 5.41) is 5.53. The number of nitrogens with zero attached hydrogens (tertiary/aromatic N) is 1. The molecular formula is C22H19N3O3S. The molecule has 1 saturated heterocycles. The molecule has 1 fully saturated rings. The predicted molar refractivity (Wildman–Crippen MR) is 110 cm³/mol. The maximum Gasteiger partial charge on any atom is 0.344 e. The molecule has 0 aliphatic carbocycles. The maximum atomic E-state index is 13.4. The van der Waals surface area contributed by atoms with E-state index in [4.69, 9.17) is 0 Å². The second-order valence-corrected chi connectivity index (χ2v) is 7.70. The minimum absolute atomic E-state index is 0.182. The normalized spacial score (nSPS) is 15.2. The van der Waals surface area contributed by atoms with E-state index in [9.17, 15) is 14.4 Å². The molecule has 2 aromatic carbocycles. The lowest BCUT2D eigenvalue weighted by Crippen LogP contribution is -2.49. The lowest BCUT2D eigenvalue weighted by molar-refractivity contribution is -0.138. The zero-order chi connectivity index (χ0) is 20.3. The fourth-order valence-corrected chi connectivity index (χ4v) is 4.15. The molecule has 0 spiro atoms. The minimum Gasteiger partial charge on any atom is -0.314 e. The van der Waals surface area contributed by atoms with Crippen molar-refractivity contribution < 1.29 is 14.4 Å². The van der Waals surface area contributed by atoms with Crippen LogP contribution in [0.1, 0.15) is 22.4 Å². The summed E-state index contributed by atoms with van der Waals surface area (Å²) >= 11 is 1.56. The molecule has 2 N–H and O–H groups in total. The number of amides is 4. The Hall–Kier alpha value is -3.45. The van der Waals surface area contributed by atoms with Gasteiger partial charge in [0.1, 0.15) is 0 Å². The van der Waals surface area contributed by atoms with Crippen LogP contribution in [0.15, 0.2) is 78.2 Å². The highest BCUT2D eigenvalue weighted by molar-refractivity contribution is 7.09. The Morgan fingerprint density at radius 2 is 1.55 bits per heavy atom. The molecule has 0 radical (unpaired) electrons. The number of imide groups is 1. The van der Waals surface area contributed by atoms with Gasteiger partial charge in [0.25, 0.3) is 5.91 Å². The number of carbonyl (C=O) groups is 3. The van der Waals surface area contributed by atoms with Gasteiger partial charge in [-0.1, -0.05) is 66.7 Å². The molecule has 4 amide bonds. The zero-order valence-corrected chi connectivity index (χ0v) is 16.3. The number of thiophene rings is 1. The number of nitrogens with one attached hydrogen (secondary N) is 2. The van der Waals surface area contributed by atoms with Crippen LogP contribution in [0.5, 0.6) is 0 Å². The van der Waals surface area contributed by atoms with Gasteiger partial charge in [-0.2, -0.15) is 5.01 Å². The zero-order valence-electron chi connectivity index (χ0n) is 15.5. The number of hydrazine groups is 1. The van der Waals surface area contributed by atoms with Crippen LogP contribution in [-0.2, 0) is 21.5 Å². The van der Waals surface area contributed by atoms with Crippen LogP contribution in [0.25, 0.3) is 0 Å². The van der Waals surface area contributed by atoms with Crippen molar-refractivity contribution in [3.8, 4) is 0 Å². The largest absolute Gasteiger partial charge is 0.344 e. The summed E-state index contributed by atoms with van der Waals surface area (Å²) in [5.74, 6) is -0.928. The first-order chi connectivity index (χ1) is 14.1. The van der Waals surface area contributed by atoms with Crippen molar-refractivity contribution >= 4 is 29.2 Å². The second kappa shape index (κ2) is 7.89. The number of carbonyl (C=O) groups excluding carboxylic acids is 3. The summed E-state index contributed by atoms with van der Waals surface area (Å²) in [6.07, 6.45) is 0.733. The number of hydrogen-bond acceptors (Lipinski definition) is 4. The van der Waals surface area contributed by atoms with Gasteiger partial charge in [0.15, 0.2) is 5.54 Å². The fourth-order valence-electron chi connectivity index (χ4n) is 3.44. The van der Waals surface area contributed by atoms with E-state index in [2.05, 4.69) is 10.7 Å². The predicted octanol–water partition coefficient (Wildman–Crippen LogP) is 3.21. The Balaban J connectivity index is 1.61. The first-order valence-corrected chi connectivity index (χ1v) is 10.1. The van der Waals surface area contributed by atoms with E-state index in [-0.39, 0.29) is 12.3 Å². The Morgan fingerprint density at radius 3 is 2.10 bits per heavy atom. The number of hydrogen-bond donors (Lipinski definition) is 2. The van der Waals surface area contributed by atoms with E-state index in [1.807, 2.05) is 53.9 Å². The van der Waals surface area contributed by atoms with Crippen LogP contribution < -0.4 is 10.7 Å². The van der Waals surface area contributed by atoms with Crippen LogP contribution >= 0.6 is 11.3 Å². The molecular weight excluding hydrogens is 386 g/mol. The molecule has 7 heteroatoms. The lowest BCUT2D eigenvalue weighted by atomic mass is 9.83. The number of urea groups is 1. The van der Waals surface area contributed by atoms with Gasteiger partial charge in [-0.05, 0) is 29.0 Å². The van der Waals surface area contributed by atoms with E-state index in [0.717, 1.165) is 9.89 Å². The van der Waals surface area contributed by atoms with Crippen molar-refractivity contribution in [3.05, 3.63) is 94.2 Å². The highest BCUT2D eigenvalue weighted by Crippen LogP contribution is 2.35. The topological polar surface area (TPSA) is 78.5 Å². The first kappa shape index (κ1) is 18.9. The number of rotatable bonds is 6. The van der Waals surface area contributed by atoms with Crippen molar-refractivity contribution in [2.24, 2.45) is 0 Å². The van der Waals surface area contributed by atoms with Gasteiger partial charge in [-0.15, -0.1) is 11.3 Å². The van der Waals surface area contributed by atoms with Crippen molar-refractivity contribution in [1.82, 2.24) is 15.8 Å². The molecule has 4 rings (SSSR count). The molecule has 0 atom stereocenters. The average molecular weight is 405 g/mol. The molecule has 0 saturated carbocycles. The molecule has 146 valence electrons. The Bertz CT molecular complexity index is 980. The maximum absolute atomic E-state index is 13.4. The molecule has 6 nitrogen and oxygen atoms in total. The monoisotopic (exact) mass is 405 g/mol. The molecule has 1 aromatic heterocycles. The first-order valence-electron chi connectivity index (χ1n) is 9.21. The van der Waals surface area contributed by atoms with Crippen LogP contribution in [0.2, 0.25) is 0 Å². The van der Waals surface area contributed by atoms with E-state index in [1.165, 1.54) is 0 Å². The van der Waals surface area contributed by atoms with Crippen molar-refractivity contribution in [1.29, 1.82) is 0 Å². The highest BCUT2D eigenvalue weighted by Gasteiger charge is 2.54. The Morgan fingerprint density at radius 1 is 0.931 bits per heavy atom. The smallest absolute Gasteiger partial charge is 0.314 e. The molecule has 29 heavy (non-hydrogen) atoms. The van der Waals surface area contributed by atoms with Crippen LogP contribution in [0.4, 0.5) is 4.79 Å². The quantitative estimate of drug-likeness (QED) is 0.618. The second-order valence-electron chi connectivity index (χ2n) is 6.67. The van der Waals surface area contributed by atoms with Crippen molar-refractivity contribution in [2.45, 2.75) is 18.4 Å². The summed E-state index contributed by atoms with van der Waals surface area (Å²) < 4.78 is 0. The summed E-state index contributed by atoms with van der Waals surface area (Å²) in [6.45, 7) is 0. The summed E-state index contributed by atoms with van der Waals surface area (Å²) in [7, 11) is 0. The standard InChI is InChI=1S/C22H19N3O3S/c26-19(14-13-18-12-7-15-29-18)24-25-20(27)22(23-21(25)28,16-8-3-1-4-9-16)17-10-5-2-6-11-17/h1-12,15H,13-14H2,(H,23,28)(H,24,26). The van der Waals surface area contributed by atoms with Crippen LogP contribution in [0.3, 0.4) is 0 Å². The Labute approximate surface area is 172 Å². The van der Waals surface area contributed by atoms with E-state index in [0.29, 0.717) is 17.5 Å². The molecule has 0 unspecified atom stereocenters. The van der Waals surface area contributed by atoms with E-state index >= 15 is 0 Å². The van der Waals surface area contributed by atoms with Gasteiger partial charge in [0.2, 0.25) is 5.91 Å². The molecule has 0 bridgehead atoms. The highest BCUT2D eigenvalue weighted by atomic mass is 32.1. The summed E-state index contributed by atoms with van der Waals surface area (Å²) in [5.41, 5.74) is 2.33. The number of benzene rings is 2. The Kier molecular flexibility index (Phi) is 5.14. The minimum atomic E-state index is -1.39. The van der Waals surface area contributed by atoms with Crippen molar-refractivity contribution in [2.75, 3.05) is 0 Å². The summed E-state index contributed by atoms with van der Waals surface area (Å²) in [6, 6.07) is 21.3. The van der Waals surface area contributed by atoms with Gasteiger partial charge in [0.05, 0.1) is 0 Å². The van der Waals surface area contributed by atoms with Gasteiger partial charge >= 0.3 is 6.03 Å². The van der Waals surface area contributed by atoms with Gasteiger partial charge in [-0.3, -0.25) is 15.0 Å². The third-order valence-electron chi connectivity index (χ3n) is 4.85. The summed E-state index contributed by atoms with van der Waals surface area (Å²) in [4.78, 5) is 39.6. The van der Waals surface area contributed by atoms with Gasteiger partial charge < -0.3 is 5.32 Å². The van der Waals surface area contributed by atoms with Crippen LogP contribution in [0, 0.1) is 0 Å². The van der Waals surface area contributed by atoms with Crippen molar-refractivity contribution in [3.63, 3.8) is 0 Å². The van der Waals surface area contributed by atoms with Crippen LogP contribution in [-0.4, -0.2) is 22.9 Å². The van der Waals surface area contributed by atoms with Gasteiger partial charge in [-0.25, -0.2) is 4.79 Å². The van der Waals surface area contributed by atoms with E-state index in [1.54, 1.807) is 35.6 Å². The number of aryl methyl sites for hydroxylation is 1. The third kappa shape index (κ3) is 3.52. The molecule has 1 aliphatic rings. The molecule has 2 heterocycles. The molecule has 3 aromatic rings.